The van der Waals surface area contributed by atoms with Gasteiger partial charge in [0.2, 0.25) is 5.75 Å². The number of Topliss-reactive ketones (excluding diaryl/α,β-unsaturated/α-hetero) is 1. The smallest absolute Gasteiger partial charge is 0.311 e. The van der Waals surface area contributed by atoms with Crippen LogP contribution in [0, 0.1) is 16.0 Å². The van der Waals surface area contributed by atoms with Crippen molar-refractivity contribution in [1.82, 2.24) is 0 Å². The van der Waals surface area contributed by atoms with Crippen molar-refractivity contribution < 1.29 is 24.7 Å². The van der Waals surface area contributed by atoms with Crippen LogP contribution in [0.3, 0.4) is 0 Å². The summed E-state index contributed by atoms with van der Waals surface area (Å²) in [7, 11) is 0. The SMILES string of the molecule is CC(CC(=O)O)C(=O)c1cccc([N+](=O)[O-])c1O. The molecule has 1 aromatic rings. The summed E-state index contributed by atoms with van der Waals surface area (Å²) in [6, 6.07) is 3.55. The van der Waals surface area contributed by atoms with Gasteiger partial charge in [0.05, 0.1) is 16.9 Å². The first-order valence-electron chi connectivity index (χ1n) is 5.07. The zero-order valence-electron chi connectivity index (χ0n) is 9.49. The summed E-state index contributed by atoms with van der Waals surface area (Å²) in [6.45, 7) is 1.38. The Balaban J connectivity index is 3.10. The molecule has 0 bridgehead atoms. The number of carbonyl (C=O) groups excluding carboxylic acids is 1. The molecule has 0 aromatic heterocycles. The Kier molecular flexibility index (Phi) is 3.98. The van der Waals surface area contributed by atoms with Gasteiger partial charge in [-0.05, 0) is 6.07 Å². The van der Waals surface area contributed by atoms with Crippen molar-refractivity contribution in [3.8, 4) is 5.75 Å². The molecule has 0 radical (unpaired) electrons. The van der Waals surface area contributed by atoms with Crippen molar-refractivity contribution in [2.75, 3.05) is 0 Å². The van der Waals surface area contributed by atoms with E-state index >= 15 is 0 Å². The number of aromatic hydroxyl groups is 1. The molecule has 1 atom stereocenters. The second-order valence-electron chi connectivity index (χ2n) is 3.79. The number of benzene rings is 1. The van der Waals surface area contributed by atoms with E-state index in [2.05, 4.69) is 0 Å². The number of phenols is 1. The fourth-order valence-corrected chi connectivity index (χ4v) is 1.50. The highest BCUT2D eigenvalue weighted by Gasteiger charge is 2.25. The molecule has 0 fully saturated rings. The summed E-state index contributed by atoms with van der Waals surface area (Å²) in [6.07, 6.45) is -0.402. The highest BCUT2D eigenvalue weighted by atomic mass is 16.6. The van der Waals surface area contributed by atoms with Crippen molar-refractivity contribution in [3.63, 3.8) is 0 Å². The molecule has 18 heavy (non-hydrogen) atoms. The van der Waals surface area contributed by atoms with Gasteiger partial charge in [0.1, 0.15) is 0 Å². The van der Waals surface area contributed by atoms with Crippen LogP contribution < -0.4 is 0 Å². The van der Waals surface area contributed by atoms with Crippen LogP contribution in [0.15, 0.2) is 18.2 Å². The standard InChI is InChI=1S/C11H11NO6/c1-6(5-9(13)14)10(15)7-3-2-4-8(11(7)16)12(17)18/h2-4,6,16H,5H2,1H3,(H,13,14). The molecule has 0 aliphatic carbocycles. The van der Waals surface area contributed by atoms with Gasteiger partial charge in [0.25, 0.3) is 0 Å². The van der Waals surface area contributed by atoms with Crippen LogP contribution in [-0.2, 0) is 4.79 Å². The first-order chi connectivity index (χ1) is 8.34. The van der Waals surface area contributed by atoms with Crippen LogP contribution >= 0.6 is 0 Å². The molecule has 2 N–H and O–H groups in total. The number of rotatable bonds is 5. The molecule has 0 aliphatic heterocycles. The minimum absolute atomic E-state index is 0.238. The molecule has 0 aliphatic rings. The number of hydrogen-bond acceptors (Lipinski definition) is 5. The molecule has 96 valence electrons. The largest absolute Gasteiger partial charge is 0.502 e. The van der Waals surface area contributed by atoms with E-state index in [0.717, 1.165) is 6.07 Å². The summed E-state index contributed by atoms with van der Waals surface area (Å²) < 4.78 is 0. The summed E-state index contributed by atoms with van der Waals surface area (Å²) in [4.78, 5) is 32.1. The molecule has 1 unspecified atom stereocenters. The third-order valence-corrected chi connectivity index (χ3v) is 2.41. The van der Waals surface area contributed by atoms with Crippen molar-refractivity contribution in [1.29, 1.82) is 0 Å². The predicted molar refractivity (Wildman–Crippen MR) is 60.5 cm³/mol. The topological polar surface area (TPSA) is 118 Å². The van der Waals surface area contributed by atoms with Crippen LogP contribution in [0.4, 0.5) is 5.69 Å². The van der Waals surface area contributed by atoms with Gasteiger partial charge in [-0.1, -0.05) is 13.0 Å². The first-order valence-corrected chi connectivity index (χ1v) is 5.07. The molecule has 0 spiro atoms. The van der Waals surface area contributed by atoms with Gasteiger partial charge in [-0.2, -0.15) is 0 Å². The number of ketones is 1. The molecule has 0 heterocycles. The highest BCUT2D eigenvalue weighted by Crippen LogP contribution is 2.31. The second-order valence-corrected chi connectivity index (χ2v) is 3.79. The molecule has 1 rings (SSSR count). The number of carbonyl (C=O) groups is 2. The third kappa shape index (κ3) is 2.82. The molecule has 0 saturated heterocycles. The lowest BCUT2D eigenvalue weighted by Gasteiger charge is -2.09. The number of carboxylic acids is 1. The number of phenolic OH excluding ortho intramolecular Hbond substituents is 1. The average molecular weight is 253 g/mol. The monoisotopic (exact) mass is 253 g/mol. The summed E-state index contributed by atoms with van der Waals surface area (Å²) in [5.41, 5.74) is -0.818. The molecular formula is C11H11NO6. The Labute approximate surface area is 102 Å². The minimum atomic E-state index is -1.15. The molecular weight excluding hydrogens is 242 g/mol. The van der Waals surface area contributed by atoms with Crippen molar-refractivity contribution >= 4 is 17.4 Å². The number of nitro benzene ring substituents is 1. The Morgan fingerprint density at radius 1 is 1.44 bits per heavy atom. The first kappa shape index (κ1) is 13.6. The van der Waals surface area contributed by atoms with Crippen LogP contribution in [0.5, 0.6) is 5.75 Å². The van der Waals surface area contributed by atoms with Crippen LogP contribution in [0.1, 0.15) is 23.7 Å². The molecule has 0 saturated carbocycles. The van der Waals surface area contributed by atoms with Gasteiger partial charge in [0.15, 0.2) is 5.78 Å². The van der Waals surface area contributed by atoms with Crippen molar-refractivity contribution in [2.24, 2.45) is 5.92 Å². The zero-order chi connectivity index (χ0) is 13.9. The molecule has 7 heteroatoms. The number of carboxylic acid groups (broad SMARTS) is 1. The third-order valence-electron chi connectivity index (χ3n) is 2.41. The lowest BCUT2D eigenvalue weighted by atomic mass is 9.95. The van der Waals surface area contributed by atoms with E-state index < -0.39 is 40.5 Å². The maximum atomic E-state index is 11.8. The number of nitro groups is 1. The van der Waals surface area contributed by atoms with Crippen molar-refractivity contribution in [3.05, 3.63) is 33.9 Å². The second kappa shape index (κ2) is 5.26. The van der Waals surface area contributed by atoms with Gasteiger partial charge < -0.3 is 10.2 Å². The number of nitrogens with zero attached hydrogens (tertiary/aromatic N) is 1. The Morgan fingerprint density at radius 3 is 2.56 bits per heavy atom. The predicted octanol–water partition coefficient (Wildman–Crippen LogP) is 1.59. The van der Waals surface area contributed by atoms with E-state index in [1.807, 2.05) is 0 Å². The Morgan fingerprint density at radius 2 is 2.06 bits per heavy atom. The van der Waals surface area contributed by atoms with E-state index in [4.69, 9.17) is 5.11 Å². The molecule has 7 nitrogen and oxygen atoms in total. The lowest BCUT2D eigenvalue weighted by molar-refractivity contribution is -0.385. The Bertz CT molecular complexity index is 510. The van der Waals surface area contributed by atoms with E-state index in [9.17, 15) is 24.8 Å². The minimum Gasteiger partial charge on any atom is -0.502 e. The van der Waals surface area contributed by atoms with Crippen LogP contribution in [-0.4, -0.2) is 26.9 Å². The van der Waals surface area contributed by atoms with Gasteiger partial charge in [-0.25, -0.2) is 0 Å². The van der Waals surface area contributed by atoms with Gasteiger partial charge in [-0.15, -0.1) is 0 Å². The van der Waals surface area contributed by atoms with E-state index in [-0.39, 0.29) is 5.56 Å². The zero-order valence-corrected chi connectivity index (χ0v) is 9.49. The summed E-state index contributed by atoms with van der Waals surface area (Å²) >= 11 is 0. The average Bonchev–Trinajstić information content (AvgIpc) is 2.27. The number of para-hydroxylation sites is 1. The highest BCUT2D eigenvalue weighted by molar-refractivity contribution is 6.02. The van der Waals surface area contributed by atoms with Gasteiger partial charge >= 0.3 is 11.7 Å². The fraction of sp³-hybridized carbons (Fsp3) is 0.273. The van der Waals surface area contributed by atoms with Crippen LogP contribution in [0.2, 0.25) is 0 Å². The lowest BCUT2D eigenvalue weighted by Crippen LogP contribution is -2.15. The summed E-state index contributed by atoms with van der Waals surface area (Å²) in [5, 5.41) is 28.8. The van der Waals surface area contributed by atoms with E-state index in [0.29, 0.717) is 0 Å². The van der Waals surface area contributed by atoms with E-state index in [1.165, 1.54) is 19.1 Å². The number of hydrogen-bond donors (Lipinski definition) is 2. The molecule has 0 amide bonds. The maximum Gasteiger partial charge on any atom is 0.311 e. The number of aliphatic carboxylic acids is 1. The quantitative estimate of drug-likeness (QED) is 0.467. The van der Waals surface area contributed by atoms with E-state index in [1.54, 1.807) is 0 Å². The van der Waals surface area contributed by atoms with Crippen LogP contribution in [0.25, 0.3) is 0 Å². The van der Waals surface area contributed by atoms with Crippen molar-refractivity contribution in [2.45, 2.75) is 13.3 Å². The van der Waals surface area contributed by atoms with Gasteiger partial charge in [-0.3, -0.25) is 19.7 Å². The summed E-state index contributed by atoms with van der Waals surface area (Å²) in [5.74, 6) is -3.39. The fourth-order valence-electron chi connectivity index (χ4n) is 1.50. The maximum absolute atomic E-state index is 11.8. The molecule has 1 aromatic carbocycles. The van der Waals surface area contributed by atoms with Gasteiger partial charge in [0, 0.05) is 12.0 Å². The Hall–Kier alpha value is -2.44. The normalized spacial score (nSPS) is 11.8.